The first-order valence-electron chi connectivity index (χ1n) is 9.39. The largest absolute Gasteiger partial charge is 0.390 e. The predicted molar refractivity (Wildman–Crippen MR) is 101 cm³/mol. The quantitative estimate of drug-likeness (QED) is 0.821. The van der Waals surface area contributed by atoms with Gasteiger partial charge in [-0.1, -0.05) is 19.1 Å². The molecular weight excluding hydrogens is 314 g/mol. The molecule has 0 bridgehead atoms. The van der Waals surface area contributed by atoms with Crippen LogP contribution in [0.25, 0.3) is 0 Å². The zero-order valence-electron chi connectivity index (χ0n) is 16.1. The van der Waals surface area contributed by atoms with E-state index in [-0.39, 0.29) is 5.91 Å². The van der Waals surface area contributed by atoms with Gasteiger partial charge in [0, 0.05) is 32.4 Å². The Morgan fingerprint density at radius 1 is 1.36 bits per heavy atom. The molecule has 4 heteroatoms. The number of hydrogen-bond donors (Lipinski definition) is 1. The van der Waals surface area contributed by atoms with Crippen molar-refractivity contribution in [1.82, 2.24) is 4.90 Å². The summed E-state index contributed by atoms with van der Waals surface area (Å²) in [7, 11) is 1.75. The van der Waals surface area contributed by atoms with E-state index in [2.05, 4.69) is 6.92 Å². The average molecular weight is 347 g/mol. The van der Waals surface area contributed by atoms with Gasteiger partial charge in [0.25, 0.3) is 5.91 Å². The van der Waals surface area contributed by atoms with E-state index in [0.717, 1.165) is 50.1 Å². The van der Waals surface area contributed by atoms with Crippen LogP contribution in [0.2, 0.25) is 0 Å². The van der Waals surface area contributed by atoms with Crippen molar-refractivity contribution < 1.29 is 14.6 Å². The van der Waals surface area contributed by atoms with E-state index in [1.807, 2.05) is 43.0 Å². The molecule has 0 spiro atoms. The van der Waals surface area contributed by atoms with Gasteiger partial charge in [0.2, 0.25) is 0 Å². The number of carbonyl (C=O) groups excluding carboxylic acids is 1. The average Bonchev–Trinajstić information content (AvgIpc) is 2.59. The minimum absolute atomic E-state index is 0.128. The number of aryl methyl sites for hydroxylation is 1. The van der Waals surface area contributed by atoms with Crippen LogP contribution in [0, 0.1) is 11.8 Å². The lowest BCUT2D eigenvalue weighted by molar-refractivity contribution is 0.0598. The zero-order chi connectivity index (χ0) is 18.4. The molecular formula is C21H33NO3. The standard InChI is InChI=1S/C21H33NO3/c1-16(15-25-4)18-9-12-22(13-10-18)20(23)19-7-5-6-17(14-19)8-11-21(2,3)24/h5-7,14,16,18,24H,8-13,15H2,1-4H3/t16-/m1/s1. The molecule has 0 radical (unpaired) electrons. The van der Waals surface area contributed by atoms with Crippen LogP contribution < -0.4 is 0 Å². The number of likely N-dealkylation sites (tertiary alicyclic amines) is 1. The molecule has 1 heterocycles. The Morgan fingerprint density at radius 3 is 2.64 bits per heavy atom. The molecule has 0 aromatic heterocycles. The number of hydrogen-bond acceptors (Lipinski definition) is 3. The van der Waals surface area contributed by atoms with E-state index < -0.39 is 5.60 Å². The third kappa shape index (κ3) is 6.12. The lowest BCUT2D eigenvalue weighted by atomic mass is 9.85. The second kappa shape index (κ2) is 8.81. The van der Waals surface area contributed by atoms with Crippen LogP contribution in [-0.4, -0.2) is 48.3 Å². The number of amides is 1. The van der Waals surface area contributed by atoms with Crippen molar-refractivity contribution in [2.75, 3.05) is 26.8 Å². The molecule has 1 saturated heterocycles. The van der Waals surface area contributed by atoms with E-state index in [1.165, 1.54) is 0 Å². The molecule has 4 nitrogen and oxygen atoms in total. The molecule has 1 fully saturated rings. The fourth-order valence-electron chi connectivity index (χ4n) is 3.56. The van der Waals surface area contributed by atoms with Gasteiger partial charge < -0.3 is 14.7 Å². The molecule has 1 aromatic rings. The molecule has 1 atom stereocenters. The smallest absolute Gasteiger partial charge is 0.253 e. The Kier molecular flexibility index (Phi) is 7.03. The lowest BCUT2D eigenvalue weighted by Gasteiger charge is -2.34. The summed E-state index contributed by atoms with van der Waals surface area (Å²) < 4.78 is 5.26. The summed E-state index contributed by atoms with van der Waals surface area (Å²) in [5, 5.41) is 9.89. The Bertz CT molecular complexity index is 557. The predicted octanol–water partition coefficient (Wildman–Crippen LogP) is 3.52. The van der Waals surface area contributed by atoms with Gasteiger partial charge in [-0.15, -0.1) is 0 Å². The summed E-state index contributed by atoms with van der Waals surface area (Å²) in [4.78, 5) is 14.8. The van der Waals surface area contributed by atoms with Crippen molar-refractivity contribution in [1.29, 1.82) is 0 Å². The van der Waals surface area contributed by atoms with Gasteiger partial charge in [0.15, 0.2) is 0 Å². The van der Waals surface area contributed by atoms with Crippen molar-refractivity contribution in [3.05, 3.63) is 35.4 Å². The first-order chi connectivity index (χ1) is 11.8. The van der Waals surface area contributed by atoms with Gasteiger partial charge in [-0.2, -0.15) is 0 Å². The van der Waals surface area contributed by atoms with Crippen molar-refractivity contribution in [3.8, 4) is 0 Å². The fourth-order valence-corrected chi connectivity index (χ4v) is 3.56. The van der Waals surface area contributed by atoms with Crippen LogP contribution in [-0.2, 0) is 11.2 Å². The van der Waals surface area contributed by atoms with Gasteiger partial charge in [0.1, 0.15) is 0 Å². The third-order valence-corrected chi connectivity index (χ3v) is 5.26. The number of benzene rings is 1. The summed E-state index contributed by atoms with van der Waals surface area (Å²) in [6.45, 7) is 8.31. The number of carbonyl (C=O) groups is 1. The number of aliphatic hydroxyl groups is 1. The van der Waals surface area contributed by atoms with Gasteiger partial charge >= 0.3 is 0 Å². The third-order valence-electron chi connectivity index (χ3n) is 5.26. The highest BCUT2D eigenvalue weighted by Crippen LogP contribution is 2.26. The summed E-state index contributed by atoms with van der Waals surface area (Å²) in [5.41, 5.74) is 1.19. The van der Waals surface area contributed by atoms with Crippen molar-refractivity contribution in [2.45, 2.75) is 52.1 Å². The molecule has 1 amide bonds. The van der Waals surface area contributed by atoms with E-state index in [1.54, 1.807) is 7.11 Å². The highest BCUT2D eigenvalue weighted by molar-refractivity contribution is 5.94. The number of rotatable bonds is 7. The Hall–Kier alpha value is -1.39. The van der Waals surface area contributed by atoms with Crippen LogP contribution in [0.15, 0.2) is 24.3 Å². The Balaban J connectivity index is 1.93. The minimum atomic E-state index is -0.680. The summed E-state index contributed by atoms with van der Waals surface area (Å²) in [6.07, 6.45) is 3.57. The van der Waals surface area contributed by atoms with Crippen LogP contribution in [0.5, 0.6) is 0 Å². The summed E-state index contributed by atoms with van der Waals surface area (Å²) in [6, 6.07) is 7.85. The van der Waals surface area contributed by atoms with Crippen LogP contribution in [0.3, 0.4) is 0 Å². The molecule has 1 aromatic carbocycles. The molecule has 0 aliphatic carbocycles. The molecule has 0 saturated carbocycles. The lowest BCUT2D eigenvalue weighted by Crippen LogP contribution is -2.40. The maximum absolute atomic E-state index is 12.8. The molecule has 1 N–H and O–H groups in total. The minimum Gasteiger partial charge on any atom is -0.390 e. The van der Waals surface area contributed by atoms with E-state index in [9.17, 15) is 9.90 Å². The summed E-state index contributed by atoms with van der Waals surface area (Å²) in [5.74, 6) is 1.32. The Labute approximate surface area is 152 Å². The Morgan fingerprint density at radius 2 is 2.04 bits per heavy atom. The maximum Gasteiger partial charge on any atom is 0.253 e. The number of piperidine rings is 1. The molecule has 1 aliphatic heterocycles. The zero-order valence-corrected chi connectivity index (χ0v) is 16.1. The van der Waals surface area contributed by atoms with E-state index in [4.69, 9.17) is 4.74 Å². The molecule has 140 valence electrons. The first kappa shape index (κ1) is 19.9. The maximum atomic E-state index is 12.8. The van der Waals surface area contributed by atoms with Gasteiger partial charge in [-0.3, -0.25) is 4.79 Å². The number of nitrogens with zero attached hydrogens (tertiary/aromatic N) is 1. The second-order valence-corrected chi connectivity index (χ2v) is 8.08. The topological polar surface area (TPSA) is 49.8 Å². The molecule has 0 unspecified atom stereocenters. The second-order valence-electron chi connectivity index (χ2n) is 8.08. The van der Waals surface area contributed by atoms with Crippen molar-refractivity contribution in [2.24, 2.45) is 11.8 Å². The van der Waals surface area contributed by atoms with E-state index >= 15 is 0 Å². The van der Waals surface area contributed by atoms with Crippen LogP contribution in [0.1, 0.15) is 56.0 Å². The molecule has 1 aliphatic rings. The van der Waals surface area contributed by atoms with Crippen molar-refractivity contribution >= 4 is 5.91 Å². The fraction of sp³-hybridized carbons (Fsp3) is 0.667. The summed E-state index contributed by atoms with van der Waals surface area (Å²) >= 11 is 0. The van der Waals surface area contributed by atoms with Crippen LogP contribution >= 0.6 is 0 Å². The molecule has 2 rings (SSSR count). The number of ether oxygens (including phenoxy) is 1. The van der Waals surface area contributed by atoms with Gasteiger partial charge in [0.05, 0.1) is 5.60 Å². The monoisotopic (exact) mass is 347 g/mol. The van der Waals surface area contributed by atoms with Crippen molar-refractivity contribution in [3.63, 3.8) is 0 Å². The van der Waals surface area contributed by atoms with Gasteiger partial charge in [-0.05, 0) is 69.1 Å². The van der Waals surface area contributed by atoms with Gasteiger partial charge in [-0.25, -0.2) is 0 Å². The molecule has 25 heavy (non-hydrogen) atoms. The highest BCUT2D eigenvalue weighted by Gasteiger charge is 2.27. The number of methoxy groups -OCH3 is 1. The van der Waals surface area contributed by atoms with E-state index in [0.29, 0.717) is 18.3 Å². The SMILES string of the molecule is COC[C@@H](C)C1CCN(C(=O)c2cccc(CCC(C)(C)O)c2)CC1. The first-order valence-corrected chi connectivity index (χ1v) is 9.39. The van der Waals surface area contributed by atoms with Crippen LogP contribution in [0.4, 0.5) is 0 Å². The highest BCUT2D eigenvalue weighted by atomic mass is 16.5. The normalized spacial score (nSPS) is 17.6.